The van der Waals surface area contributed by atoms with E-state index in [0.717, 1.165) is 30.1 Å². The first-order valence-corrected chi connectivity index (χ1v) is 7.31. The number of nitrogens with zero attached hydrogens (tertiary/aromatic N) is 1. The largest absolute Gasteiger partial charge is 0.315 e. The van der Waals surface area contributed by atoms with E-state index in [1.165, 1.54) is 37.1 Å². The zero-order valence-electron chi connectivity index (χ0n) is 11.0. The molecule has 0 aromatic heterocycles. The molecule has 0 radical (unpaired) electrons. The van der Waals surface area contributed by atoms with Crippen molar-refractivity contribution < 1.29 is 0 Å². The molecule has 2 fully saturated rings. The molecule has 1 N–H and O–H groups in total. The molecule has 2 aliphatic heterocycles. The highest BCUT2D eigenvalue weighted by Crippen LogP contribution is 2.28. The first-order chi connectivity index (χ1) is 8.74. The van der Waals surface area contributed by atoms with Crippen LogP contribution in [-0.2, 0) is 6.54 Å². The summed E-state index contributed by atoms with van der Waals surface area (Å²) in [6.45, 7) is 6.85. The molecule has 18 heavy (non-hydrogen) atoms. The normalized spacial score (nSPS) is 28.3. The van der Waals surface area contributed by atoms with E-state index < -0.39 is 0 Å². The van der Waals surface area contributed by atoms with Gasteiger partial charge in [0.1, 0.15) is 0 Å². The maximum Gasteiger partial charge on any atom is 0.0408 e. The summed E-state index contributed by atoms with van der Waals surface area (Å²) >= 11 is 6.03. The number of piperidine rings is 1. The molecule has 0 spiro atoms. The lowest BCUT2D eigenvalue weighted by Gasteiger charge is -2.37. The van der Waals surface area contributed by atoms with Crippen molar-refractivity contribution in [2.45, 2.75) is 32.4 Å². The zero-order valence-corrected chi connectivity index (χ0v) is 11.7. The first-order valence-electron chi connectivity index (χ1n) is 6.94. The quantitative estimate of drug-likeness (QED) is 0.884. The molecule has 0 bridgehead atoms. The Labute approximate surface area is 114 Å². The predicted octanol–water partition coefficient (Wildman–Crippen LogP) is 2.83. The van der Waals surface area contributed by atoms with Crippen molar-refractivity contribution in [3.05, 3.63) is 34.3 Å². The van der Waals surface area contributed by atoms with Gasteiger partial charge in [-0.2, -0.15) is 0 Å². The predicted molar refractivity (Wildman–Crippen MR) is 76.0 cm³/mol. The molecular weight excluding hydrogens is 244 g/mol. The summed E-state index contributed by atoms with van der Waals surface area (Å²) in [5, 5.41) is 4.38. The number of hydrogen-bond donors (Lipinski definition) is 1. The molecule has 0 aliphatic carbocycles. The second-order valence-corrected chi connectivity index (χ2v) is 6.11. The Hall–Kier alpha value is -0.570. The van der Waals surface area contributed by atoms with Crippen LogP contribution in [0.1, 0.15) is 24.0 Å². The van der Waals surface area contributed by atoms with E-state index in [1.54, 1.807) is 0 Å². The smallest absolute Gasteiger partial charge is 0.0408 e. The summed E-state index contributed by atoms with van der Waals surface area (Å²) in [7, 11) is 0. The van der Waals surface area contributed by atoms with Crippen LogP contribution in [0.15, 0.2) is 18.2 Å². The fourth-order valence-electron chi connectivity index (χ4n) is 3.42. The molecule has 2 nitrogen and oxygen atoms in total. The molecule has 2 saturated heterocycles. The third kappa shape index (κ3) is 2.42. The maximum atomic E-state index is 6.03. The van der Waals surface area contributed by atoms with Gasteiger partial charge in [0, 0.05) is 24.2 Å². The van der Waals surface area contributed by atoms with Crippen LogP contribution < -0.4 is 5.32 Å². The van der Waals surface area contributed by atoms with Crippen molar-refractivity contribution in [2.24, 2.45) is 5.92 Å². The Morgan fingerprint density at radius 2 is 2.28 bits per heavy atom. The van der Waals surface area contributed by atoms with Gasteiger partial charge < -0.3 is 5.32 Å². The average Bonchev–Trinajstić information content (AvgIpc) is 2.82. The highest BCUT2D eigenvalue weighted by atomic mass is 35.5. The van der Waals surface area contributed by atoms with Crippen LogP contribution in [0.25, 0.3) is 0 Å². The van der Waals surface area contributed by atoms with E-state index in [2.05, 4.69) is 29.3 Å². The molecule has 1 aromatic rings. The zero-order chi connectivity index (χ0) is 12.5. The number of aryl methyl sites for hydroxylation is 1. The van der Waals surface area contributed by atoms with Gasteiger partial charge in [-0.25, -0.2) is 0 Å². The van der Waals surface area contributed by atoms with Crippen molar-refractivity contribution in [1.82, 2.24) is 10.2 Å². The summed E-state index contributed by atoms with van der Waals surface area (Å²) in [6, 6.07) is 7.02. The minimum atomic E-state index is 0.744. The Morgan fingerprint density at radius 3 is 3.11 bits per heavy atom. The van der Waals surface area contributed by atoms with Gasteiger partial charge in [-0.15, -0.1) is 0 Å². The second-order valence-electron chi connectivity index (χ2n) is 5.67. The maximum absolute atomic E-state index is 6.03. The molecule has 2 aliphatic rings. The van der Waals surface area contributed by atoms with Crippen molar-refractivity contribution in [3.63, 3.8) is 0 Å². The summed E-state index contributed by atoms with van der Waals surface area (Å²) in [5.41, 5.74) is 2.74. The Kier molecular flexibility index (Phi) is 3.60. The van der Waals surface area contributed by atoms with E-state index >= 15 is 0 Å². The van der Waals surface area contributed by atoms with E-state index in [0.29, 0.717) is 0 Å². The van der Waals surface area contributed by atoms with Gasteiger partial charge in [-0.3, -0.25) is 4.90 Å². The van der Waals surface area contributed by atoms with Crippen LogP contribution in [0.3, 0.4) is 0 Å². The fraction of sp³-hybridized carbons (Fsp3) is 0.600. The van der Waals surface area contributed by atoms with E-state index in [9.17, 15) is 0 Å². The average molecular weight is 265 g/mol. The summed E-state index contributed by atoms with van der Waals surface area (Å²) in [5.74, 6) is 0.867. The Morgan fingerprint density at radius 1 is 1.39 bits per heavy atom. The van der Waals surface area contributed by atoms with Gasteiger partial charge in [-0.1, -0.05) is 17.7 Å². The standard InChI is InChI=1S/C15H21ClN2/c1-11-7-14(16)5-4-13(11)10-18-6-2-3-12-8-17-9-15(12)18/h4-5,7,12,15,17H,2-3,6,8-10H2,1H3. The van der Waals surface area contributed by atoms with Crippen LogP contribution in [0.2, 0.25) is 5.02 Å². The van der Waals surface area contributed by atoms with Crippen molar-refractivity contribution in [2.75, 3.05) is 19.6 Å². The molecule has 2 atom stereocenters. The van der Waals surface area contributed by atoms with Crippen LogP contribution in [-0.4, -0.2) is 30.6 Å². The molecule has 0 amide bonds. The minimum absolute atomic E-state index is 0.744. The summed E-state index contributed by atoms with van der Waals surface area (Å²) < 4.78 is 0. The number of halogens is 1. The summed E-state index contributed by atoms with van der Waals surface area (Å²) in [6.07, 6.45) is 2.74. The lowest BCUT2D eigenvalue weighted by atomic mass is 9.91. The minimum Gasteiger partial charge on any atom is -0.315 e. The van der Waals surface area contributed by atoms with Gasteiger partial charge in [0.25, 0.3) is 0 Å². The highest BCUT2D eigenvalue weighted by Gasteiger charge is 2.34. The van der Waals surface area contributed by atoms with Gasteiger partial charge >= 0.3 is 0 Å². The number of rotatable bonds is 2. The monoisotopic (exact) mass is 264 g/mol. The van der Waals surface area contributed by atoms with Crippen LogP contribution in [0, 0.1) is 12.8 Å². The summed E-state index contributed by atoms with van der Waals surface area (Å²) in [4.78, 5) is 2.66. The molecule has 2 unspecified atom stereocenters. The van der Waals surface area contributed by atoms with Gasteiger partial charge in [0.15, 0.2) is 0 Å². The molecular formula is C15H21ClN2. The van der Waals surface area contributed by atoms with E-state index in [1.807, 2.05) is 6.07 Å². The molecule has 0 saturated carbocycles. The first kappa shape index (κ1) is 12.5. The highest BCUT2D eigenvalue weighted by molar-refractivity contribution is 6.30. The van der Waals surface area contributed by atoms with Gasteiger partial charge in [-0.05, 0) is 62.0 Å². The van der Waals surface area contributed by atoms with Gasteiger partial charge in [0.2, 0.25) is 0 Å². The van der Waals surface area contributed by atoms with Crippen LogP contribution in [0.5, 0.6) is 0 Å². The Bertz CT molecular complexity index is 433. The lowest BCUT2D eigenvalue weighted by Crippen LogP contribution is -2.44. The number of hydrogen-bond acceptors (Lipinski definition) is 2. The molecule has 2 heterocycles. The molecule has 98 valence electrons. The number of likely N-dealkylation sites (tertiary alicyclic amines) is 1. The number of fused-ring (bicyclic) bond motifs is 1. The van der Waals surface area contributed by atoms with E-state index in [-0.39, 0.29) is 0 Å². The molecule has 3 rings (SSSR count). The third-order valence-electron chi connectivity index (χ3n) is 4.47. The van der Waals surface area contributed by atoms with Crippen molar-refractivity contribution in [3.8, 4) is 0 Å². The third-order valence-corrected chi connectivity index (χ3v) is 4.71. The number of nitrogens with one attached hydrogen (secondary N) is 1. The number of benzene rings is 1. The van der Waals surface area contributed by atoms with Crippen molar-refractivity contribution >= 4 is 11.6 Å². The van der Waals surface area contributed by atoms with E-state index in [4.69, 9.17) is 11.6 Å². The second kappa shape index (κ2) is 5.20. The SMILES string of the molecule is Cc1cc(Cl)ccc1CN1CCCC2CNCC21. The molecule has 3 heteroatoms. The van der Waals surface area contributed by atoms with Gasteiger partial charge in [0.05, 0.1) is 0 Å². The Balaban J connectivity index is 1.75. The lowest BCUT2D eigenvalue weighted by molar-refractivity contribution is 0.117. The molecule has 1 aromatic carbocycles. The van der Waals surface area contributed by atoms with Crippen LogP contribution in [0.4, 0.5) is 0 Å². The van der Waals surface area contributed by atoms with Crippen molar-refractivity contribution in [1.29, 1.82) is 0 Å². The fourth-order valence-corrected chi connectivity index (χ4v) is 3.64. The van der Waals surface area contributed by atoms with Crippen LogP contribution >= 0.6 is 11.6 Å². The topological polar surface area (TPSA) is 15.3 Å².